The number of piperazine rings is 1. The Hall–Kier alpha value is -0.120. The molecule has 3 nitrogen and oxygen atoms in total. The molecule has 1 aliphatic carbocycles. The summed E-state index contributed by atoms with van der Waals surface area (Å²) in [5, 5.41) is 0. The fourth-order valence-electron chi connectivity index (χ4n) is 4.04. The summed E-state index contributed by atoms with van der Waals surface area (Å²) in [7, 11) is 2.25. The lowest BCUT2D eigenvalue weighted by molar-refractivity contribution is -0.0109. The van der Waals surface area contributed by atoms with E-state index in [1.807, 2.05) is 0 Å². The van der Waals surface area contributed by atoms with Crippen LogP contribution in [0.25, 0.3) is 0 Å². The second kappa shape index (κ2) is 6.55. The van der Waals surface area contributed by atoms with Crippen LogP contribution < -0.4 is 5.73 Å². The monoisotopic (exact) mass is 267 g/mol. The van der Waals surface area contributed by atoms with Crippen molar-refractivity contribution in [3.05, 3.63) is 0 Å². The molecule has 1 heterocycles. The maximum absolute atomic E-state index is 6.21. The molecule has 0 aromatic carbocycles. The van der Waals surface area contributed by atoms with Gasteiger partial charge in [0, 0.05) is 37.8 Å². The molecule has 2 fully saturated rings. The molecule has 0 amide bonds. The van der Waals surface area contributed by atoms with Gasteiger partial charge in [0.15, 0.2) is 0 Å². The summed E-state index contributed by atoms with van der Waals surface area (Å²) in [5.74, 6) is 0.967. The van der Waals surface area contributed by atoms with E-state index in [2.05, 4.69) is 30.7 Å². The lowest BCUT2D eigenvalue weighted by Crippen LogP contribution is -2.62. The second-order valence-corrected chi connectivity index (χ2v) is 6.94. The first kappa shape index (κ1) is 15.3. The van der Waals surface area contributed by atoms with Crippen molar-refractivity contribution in [3.8, 4) is 0 Å². The van der Waals surface area contributed by atoms with Gasteiger partial charge in [-0.25, -0.2) is 0 Å². The summed E-state index contributed by atoms with van der Waals surface area (Å²) in [6, 6.07) is 0.672. The molecule has 2 aliphatic rings. The third kappa shape index (κ3) is 3.32. The number of nitrogens with zero attached hydrogens (tertiary/aromatic N) is 2. The van der Waals surface area contributed by atoms with Gasteiger partial charge in [-0.1, -0.05) is 19.8 Å². The fourth-order valence-corrected chi connectivity index (χ4v) is 4.04. The van der Waals surface area contributed by atoms with Crippen molar-refractivity contribution < 1.29 is 0 Å². The molecular formula is C16H33N3. The van der Waals surface area contributed by atoms with Gasteiger partial charge in [0.05, 0.1) is 0 Å². The molecule has 19 heavy (non-hydrogen) atoms. The van der Waals surface area contributed by atoms with E-state index in [1.165, 1.54) is 58.2 Å². The molecular weight excluding hydrogens is 234 g/mol. The predicted octanol–water partition coefficient (Wildman–Crippen LogP) is 2.31. The molecule has 1 saturated carbocycles. The summed E-state index contributed by atoms with van der Waals surface area (Å²) in [6.45, 7) is 9.11. The van der Waals surface area contributed by atoms with Crippen molar-refractivity contribution >= 4 is 0 Å². The van der Waals surface area contributed by atoms with Crippen LogP contribution in [0.1, 0.15) is 52.4 Å². The van der Waals surface area contributed by atoms with E-state index in [9.17, 15) is 0 Å². The molecule has 3 heteroatoms. The third-order valence-corrected chi connectivity index (χ3v) is 5.74. The van der Waals surface area contributed by atoms with Crippen LogP contribution in [0.4, 0.5) is 0 Å². The molecule has 0 radical (unpaired) electrons. The van der Waals surface area contributed by atoms with E-state index in [4.69, 9.17) is 5.73 Å². The van der Waals surface area contributed by atoms with Crippen molar-refractivity contribution in [1.29, 1.82) is 0 Å². The summed E-state index contributed by atoms with van der Waals surface area (Å²) in [5.41, 5.74) is 6.53. The highest BCUT2D eigenvalue weighted by molar-refractivity contribution is 4.98. The second-order valence-electron chi connectivity index (χ2n) is 6.94. The normalized spacial score (nSPS) is 38.5. The minimum absolute atomic E-state index is 0.319. The van der Waals surface area contributed by atoms with Crippen LogP contribution in [0.2, 0.25) is 0 Å². The first-order chi connectivity index (χ1) is 9.11. The minimum atomic E-state index is 0.319. The lowest BCUT2D eigenvalue weighted by atomic mass is 9.73. The SMILES string of the molecule is CCCC1CCC(CN)(N2CCN(C)C(C)C2)CC1. The number of likely N-dealkylation sites (N-methyl/N-ethyl adjacent to an activating group) is 1. The molecule has 1 unspecified atom stereocenters. The van der Waals surface area contributed by atoms with E-state index >= 15 is 0 Å². The van der Waals surface area contributed by atoms with Crippen LogP contribution in [-0.4, -0.2) is 54.6 Å². The summed E-state index contributed by atoms with van der Waals surface area (Å²) < 4.78 is 0. The molecule has 1 saturated heterocycles. The van der Waals surface area contributed by atoms with Gasteiger partial charge in [0.25, 0.3) is 0 Å². The van der Waals surface area contributed by atoms with Crippen LogP contribution in [0.5, 0.6) is 0 Å². The minimum Gasteiger partial charge on any atom is -0.329 e. The zero-order valence-electron chi connectivity index (χ0n) is 13.2. The van der Waals surface area contributed by atoms with Crippen LogP contribution in [-0.2, 0) is 0 Å². The molecule has 0 spiro atoms. The molecule has 112 valence electrons. The number of rotatable bonds is 4. The Kier molecular flexibility index (Phi) is 5.27. The maximum atomic E-state index is 6.21. The van der Waals surface area contributed by atoms with Gasteiger partial charge < -0.3 is 10.6 Å². The first-order valence-corrected chi connectivity index (χ1v) is 8.26. The first-order valence-electron chi connectivity index (χ1n) is 8.26. The third-order valence-electron chi connectivity index (χ3n) is 5.74. The Balaban J connectivity index is 1.96. The quantitative estimate of drug-likeness (QED) is 0.848. The lowest BCUT2D eigenvalue weighted by Gasteiger charge is -2.52. The molecule has 1 atom stereocenters. The Morgan fingerprint density at radius 3 is 2.42 bits per heavy atom. The molecule has 0 aromatic rings. The van der Waals surface area contributed by atoms with Crippen LogP contribution >= 0.6 is 0 Å². The Morgan fingerprint density at radius 1 is 1.21 bits per heavy atom. The topological polar surface area (TPSA) is 32.5 Å². The molecule has 0 bridgehead atoms. The van der Waals surface area contributed by atoms with Crippen molar-refractivity contribution in [3.63, 3.8) is 0 Å². The standard InChI is InChI=1S/C16H33N3/c1-4-5-15-6-8-16(13-17,9-7-15)19-11-10-18(3)14(2)12-19/h14-15H,4-13,17H2,1-3H3. The fraction of sp³-hybridized carbons (Fsp3) is 1.00. The van der Waals surface area contributed by atoms with Crippen molar-refractivity contribution in [1.82, 2.24) is 9.80 Å². The Labute approximate surface area is 119 Å². The summed E-state index contributed by atoms with van der Waals surface area (Å²) in [6.07, 6.45) is 8.19. The number of hydrogen-bond donors (Lipinski definition) is 1. The van der Waals surface area contributed by atoms with Crippen LogP contribution in [0.15, 0.2) is 0 Å². The van der Waals surface area contributed by atoms with Gasteiger partial charge >= 0.3 is 0 Å². The zero-order valence-corrected chi connectivity index (χ0v) is 13.2. The van der Waals surface area contributed by atoms with Crippen LogP contribution in [0.3, 0.4) is 0 Å². The van der Waals surface area contributed by atoms with Crippen molar-refractivity contribution in [2.45, 2.75) is 64.0 Å². The smallest absolute Gasteiger partial charge is 0.0333 e. The van der Waals surface area contributed by atoms with E-state index in [0.29, 0.717) is 11.6 Å². The van der Waals surface area contributed by atoms with Gasteiger partial charge in [-0.3, -0.25) is 4.90 Å². The van der Waals surface area contributed by atoms with Crippen molar-refractivity contribution in [2.24, 2.45) is 11.7 Å². The van der Waals surface area contributed by atoms with Gasteiger partial charge in [0.1, 0.15) is 0 Å². The van der Waals surface area contributed by atoms with Crippen molar-refractivity contribution in [2.75, 3.05) is 33.2 Å². The highest BCUT2D eigenvalue weighted by Crippen LogP contribution is 2.38. The molecule has 2 rings (SSSR count). The number of hydrogen-bond acceptors (Lipinski definition) is 3. The van der Waals surface area contributed by atoms with Crippen LogP contribution in [0, 0.1) is 5.92 Å². The molecule has 1 aliphatic heterocycles. The van der Waals surface area contributed by atoms with Gasteiger partial charge in [0.2, 0.25) is 0 Å². The summed E-state index contributed by atoms with van der Waals surface area (Å²) >= 11 is 0. The van der Waals surface area contributed by atoms with E-state index in [0.717, 1.165) is 12.5 Å². The largest absolute Gasteiger partial charge is 0.329 e. The maximum Gasteiger partial charge on any atom is 0.0333 e. The average molecular weight is 267 g/mol. The van der Waals surface area contributed by atoms with E-state index < -0.39 is 0 Å². The highest BCUT2D eigenvalue weighted by atomic mass is 15.3. The highest BCUT2D eigenvalue weighted by Gasteiger charge is 2.40. The molecule has 2 N–H and O–H groups in total. The van der Waals surface area contributed by atoms with E-state index in [-0.39, 0.29) is 0 Å². The predicted molar refractivity (Wildman–Crippen MR) is 82.3 cm³/mol. The van der Waals surface area contributed by atoms with Gasteiger partial charge in [-0.15, -0.1) is 0 Å². The van der Waals surface area contributed by atoms with Gasteiger partial charge in [-0.2, -0.15) is 0 Å². The average Bonchev–Trinajstić information content (AvgIpc) is 2.43. The zero-order chi connectivity index (χ0) is 13.9. The number of nitrogens with two attached hydrogens (primary N) is 1. The van der Waals surface area contributed by atoms with E-state index in [1.54, 1.807) is 0 Å². The Bertz CT molecular complexity index is 271. The van der Waals surface area contributed by atoms with Gasteiger partial charge in [-0.05, 0) is 45.6 Å². The molecule has 0 aromatic heterocycles. The summed E-state index contributed by atoms with van der Waals surface area (Å²) in [4.78, 5) is 5.20. The Morgan fingerprint density at radius 2 is 1.89 bits per heavy atom.